The number of hydrogen-bond donors (Lipinski definition) is 0. The molecule has 0 aliphatic heterocycles. The summed E-state index contributed by atoms with van der Waals surface area (Å²) in [6.45, 7) is 14.6. The molecule has 0 fully saturated rings. The summed E-state index contributed by atoms with van der Waals surface area (Å²) in [5, 5.41) is 0. The van der Waals surface area contributed by atoms with E-state index in [1.165, 1.54) is 31.3 Å². The van der Waals surface area contributed by atoms with Gasteiger partial charge in [0.1, 0.15) is 0 Å². The lowest BCUT2D eigenvalue weighted by Gasteiger charge is -2.13. The summed E-state index contributed by atoms with van der Waals surface area (Å²) in [4.78, 5) is 0. The lowest BCUT2D eigenvalue weighted by Crippen LogP contribution is -1.99. The lowest BCUT2D eigenvalue weighted by atomic mass is 9.92. The van der Waals surface area contributed by atoms with Gasteiger partial charge in [-0.25, -0.2) is 0 Å². The fraction of sp³-hybridized carbons (Fsp3) is 0.667. The second-order valence-corrected chi connectivity index (χ2v) is 5.41. The molecule has 0 radical (unpaired) electrons. The molecular formula is C18H32. The first-order chi connectivity index (χ1) is 8.63. The minimum Gasteiger partial charge on any atom is -0.103 e. The van der Waals surface area contributed by atoms with Gasteiger partial charge < -0.3 is 0 Å². The van der Waals surface area contributed by atoms with E-state index in [1.807, 2.05) is 0 Å². The quantitative estimate of drug-likeness (QED) is 0.376. The normalized spacial score (nSPS) is 14.6. The van der Waals surface area contributed by atoms with Crippen LogP contribution in [0.25, 0.3) is 0 Å². The Kier molecular flexibility index (Phi) is 10.8. The molecule has 0 aromatic carbocycles. The van der Waals surface area contributed by atoms with E-state index in [9.17, 15) is 0 Å². The van der Waals surface area contributed by atoms with Crippen molar-refractivity contribution in [3.63, 3.8) is 0 Å². The van der Waals surface area contributed by atoms with Gasteiger partial charge in [0.15, 0.2) is 0 Å². The van der Waals surface area contributed by atoms with E-state index in [4.69, 9.17) is 0 Å². The van der Waals surface area contributed by atoms with Gasteiger partial charge >= 0.3 is 0 Å². The monoisotopic (exact) mass is 248 g/mol. The molecule has 0 amide bonds. The van der Waals surface area contributed by atoms with E-state index >= 15 is 0 Å². The van der Waals surface area contributed by atoms with Crippen LogP contribution >= 0.6 is 0 Å². The summed E-state index contributed by atoms with van der Waals surface area (Å²) >= 11 is 0. The zero-order chi connectivity index (χ0) is 13.8. The van der Waals surface area contributed by atoms with Gasteiger partial charge in [-0.15, -0.1) is 6.58 Å². The molecule has 0 aromatic heterocycles. The highest BCUT2D eigenvalue weighted by Crippen LogP contribution is 2.20. The molecule has 0 rings (SSSR count). The van der Waals surface area contributed by atoms with Gasteiger partial charge in [0, 0.05) is 0 Å². The molecular weight excluding hydrogens is 216 g/mol. The van der Waals surface area contributed by atoms with Gasteiger partial charge in [0.25, 0.3) is 0 Å². The Morgan fingerprint density at radius 1 is 1.17 bits per heavy atom. The Balaban J connectivity index is 3.97. The van der Waals surface area contributed by atoms with Gasteiger partial charge in [-0.1, -0.05) is 57.6 Å². The molecule has 0 nitrogen and oxygen atoms in total. The van der Waals surface area contributed by atoms with Crippen molar-refractivity contribution in [2.24, 2.45) is 11.8 Å². The number of rotatable bonds is 11. The van der Waals surface area contributed by atoms with Crippen LogP contribution in [-0.4, -0.2) is 0 Å². The van der Waals surface area contributed by atoms with E-state index in [0.717, 1.165) is 25.2 Å². The molecule has 18 heavy (non-hydrogen) atoms. The van der Waals surface area contributed by atoms with Crippen molar-refractivity contribution >= 4 is 0 Å². The largest absolute Gasteiger partial charge is 0.103 e. The third kappa shape index (κ3) is 9.27. The predicted molar refractivity (Wildman–Crippen MR) is 84.8 cm³/mol. The van der Waals surface area contributed by atoms with Crippen LogP contribution in [0.15, 0.2) is 37.0 Å². The lowest BCUT2D eigenvalue weighted by molar-refractivity contribution is 0.477. The Morgan fingerprint density at radius 2 is 1.89 bits per heavy atom. The highest BCUT2D eigenvalue weighted by Gasteiger charge is 2.05. The minimum absolute atomic E-state index is 0.651. The van der Waals surface area contributed by atoms with Crippen molar-refractivity contribution in [1.82, 2.24) is 0 Å². The summed E-state index contributed by atoms with van der Waals surface area (Å²) < 4.78 is 0. The first-order valence-corrected chi connectivity index (χ1v) is 7.59. The van der Waals surface area contributed by atoms with Gasteiger partial charge in [-0.3, -0.25) is 0 Å². The van der Waals surface area contributed by atoms with Crippen LogP contribution in [0.3, 0.4) is 0 Å². The van der Waals surface area contributed by atoms with Gasteiger partial charge in [-0.05, 0) is 50.4 Å². The highest BCUT2D eigenvalue weighted by molar-refractivity contribution is 4.97. The Hall–Kier alpha value is -0.780. The third-order valence-corrected chi connectivity index (χ3v) is 3.63. The zero-order valence-electron chi connectivity index (χ0n) is 12.8. The fourth-order valence-corrected chi connectivity index (χ4v) is 2.06. The van der Waals surface area contributed by atoms with Crippen LogP contribution in [0, 0.1) is 11.8 Å². The van der Waals surface area contributed by atoms with E-state index < -0.39 is 0 Å². The molecule has 0 bridgehead atoms. The molecule has 0 saturated carbocycles. The Bertz CT molecular complexity index is 247. The first-order valence-electron chi connectivity index (χ1n) is 7.59. The van der Waals surface area contributed by atoms with E-state index in [2.05, 4.69) is 52.2 Å². The third-order valence-electron chi connectivity index (χ3n) is 3.63. The number of hydrogen-bond acceptors (Lipinski definition) is 0. The topological polar surface area (TPSA) is 0 Å². The molecule has 0 saturated heterocycles. The average molecular weight is 248 g/mol. The van der Waals surface area contributed by atoms with Crippen molar-refractivity contribution in [2.75, 3.05) is 0 Å². The van der Waals surface area contributed by atoms with Crippen LogP contribution in [0.5, 0.6) is 0 Å². The molecule has 2 atom stereocenters. The van der Waals surface area contributed by atoms with Crippen molar-refractivity contribution in [2.45, 2.75) is 65.7 Å². The van der Waals surface area contributed by atoms with Crippen LogP contribution in [0.4, 0.5) is 0 Å². The summed E-state index contributed by atoms with van der Waals surface area (Å²) in [7, 11) is 0. The molecule has 0 aromatic rings. The summed E-state index contributed by atoms with van der Waals surface area (Å²) in [6.07, 6.45) is 15.4. The molecule has 0 aliphatic carbocycles. The highest BCUT2D eigenvalue weighted by atomic mass is 14.1. The van der Waals surface area contributed by atoms with Gasteiger partial charge in [-0.2, -0.15) is 0 Å². The average Bonchev–Trinajstić information content (AvgIpc) is 2.39. The predicted octanol–water partition coefficient (Wildman–Crippen LogP) is 6.31. The van der Waals surface area contributed by atoms with Crippen LogP contribution in [-0.2, 0) is 0 Å². The molecule has 0 heterocycles. The molecule has 0 heteroatoms. The van der Waals surface area contributed by atoms with Crippen molar-refractivity contribution < 1.29 is 0 Å². The fourth-order valence-electron chi connectivity index (χ4n) is 2.06. The van der Waals surface area contributed by atoms with Crippen molar-refractivity contribution in [3.8, 4) is 0 Å². The summed E-state index contributed by atoms with van der Waals surface area (Å²) in [6, 6.07) is 0. The van der Waals surface area contributed by atoms with E-state index in [-0.39, 0.29) is 0 Å². The number of allylic oxidation sites excluding steroid dienone is 4. The van der Waals surface area contributed by atoms with Gasteiger partial charge in [0.2, 0.25) is 0 Å². The van der Waals surface area contributed by atoms with Crippen molar-refractivity contribution in [3.05, 3.63) is 37.0 Å². The molecule has 0 N–H and O–H groups in total. The van der Waals surface area contributed by atoms with Crippen molar-refractivity contribution in [1.29, 1.82) is 0 Å². The van der Waals surface area contributed by atoms with Crippen LogP contribution in [0.2, 0.25) is 0 Å². The van der Waals surface area contributed by atoms with Gasteiger partial charge in [0.05, 0.1) is 0 Å². The maximum absolute atomic E-state index is 4.05. The van der Waals surface area contributed by atoms with E-state index in [0.29, 0.717) is 5.92 Å². The second-order valence-electron chi connectivity index (χ2n) is 5.41. The molecule has 0 spiro atoms. The SMILES string of the molecule is C=CC(C)CCC(C=CCCC(=C)CC)CCC. The first kappa shape index (κ1) is 17.2. The summed E-state index contributed by atoms with van der Waals surface area (Å²) in [5.41, 5.74) is 1.37. The Morgan fingerprint density at radius 3 is 2.44 bits per heavy atom. The minimum atomic E-state index is 0.651. The maximum Gasteiger partial charge on any atom is -0.0233 e. The summed E-state index contributed by atoms with van der Waals surface area (Å²) in [5.74, 6) is 1.41. The Labute approximate surface area is 115 Å². The van der Waals surface area contributed by atoms with E-state index in [1.54, 1.807) is 0 Å². The standard InChI is InChI=1S/C18H32/c1-6-11-18(15-14-17(5)8-3)13-10-9-12-16(4)7-2/h8,10,13,17-18H,3-4,6-7,9,11-12,14-15H2,1-2,5H3. The zero-order valence-corrected chi connectivity index (χ0v) is 12.8. The van der Waals surface area contributed by atoms with Crippen LogP contribution < -0.4 is 0 Å². The maximum atomic E-state index is 4.05. The van der Waals surface area contributed by atoms with Crippen LogP contribution in [0.1, 0.15) is 65.7 Å². The molecule has 0 aliphatic rings. The smallest absolute Gasteiger partial charge is 0.0233 e. The second kappa shape index (κ2) is 11.3. The molecule has 104 valence electrons. The molecule has 2 unspecified atom stereocenters.